The monoisotopic (exact) mass is 348 g/mol. The lowest BCUT2D eigenvalue weighted by Crippen LogP contribution is -2.42. The number of halogens is 1. The number of nitrogens with zero attached hydrogens (tertiary/aromatic N) is 2. The van der Waals surface area contributed by atoms with Crippen LogP contribution in [0.4, 0.5) is 4.79 Å². The van der Waals surface area contributed by atoms with Crippen molar-refractivity contribution in [2.45, 2.75) is 24.1 Å². The van der Waals surface area contributed by atoms with E-state index < -0.39 is 0 Å². The van der Waals surface area contributed by atoms with Crippen LogP contribution in [0.15, 0.2) is 6.07 Å². The molecule has 0 radical (unpaired) electrons. The predicted molar refractivity (Wildman–Crippen MR) is 77.1 cm³/mol. The molecule has 1 fully saturated rings. The van der Waals surface area contributed by atoms with Crippen LogP contribution >= 0.6 is 27.5 Å². The molecular weight excluding hydrogens is 332 g/mol. The summed E-state index contributed by atoms with van der Waals surface area (Å²) >= 11 is 5.26. The average Bonchev–Trinajstić information content (AvgIpc) is 2.89. The third kappa shape index (κ3) is 3.20. The van der Waals surface area contributed by atoms with Crippen molar-refractivity contribution in [1.29, 1.82) is 0 Å². The van der Waals surface area contributed by atoms with Crippen LogP contribution in [-0.4, -0.2) is 42.2 Å². The Balaban J connectivity index is 2.02. The Morgan fingerprint density at radius 1 is 1.58 bits per heavy atom. The second-order valence-electron chi connectivity index (χ2n) is 4.38. The molecule has 0 aliphatic carbocycles. The number of ether oxygens (including phenoxy) is 2. The fourth-order valence-corrected chi connectivity index (χ4v) is 3.61. The third-order valence-corrected chi connectivity index (χ3v) is 5.67. The predicted octanol–water partition coefficient (Wildman–Crippen LogP) is 2.99. The number of piperidine rings is 1. The number of methoxy groups -OCH3 is 1. The van der Waals surface area contributed by atoms with Crippen molar-refractivity contribution in [3.05, 3.63) is 10.9 Å². The van der Waals surface area contributed by atoms with Gasteiger partial charge >= 0.3 is 6.09 Å². The van der Waals surface area contributed by atoms with Crippen LogP contribution in [0.25, 0.3) is 0 Å². The number of alkyl halides is 1. The van der Waals surface area contributed by atoms with Gasteiger partial charge in [-0.15, -0.1) is 0 Å². The summed E-state index contributed by atoms with van der Waals surface area (Å²) in [6, 6.07) is 1.98. The molecule has 0 spiro atoms. The lowest BCUT2D eigenvalue weighted by molar-refractivity contribution is 0.110. The van der Waals surface area contributed by atoms with Crippen LogP contribution in [0.2, 0.25) is 0 Å². The summed E-state index contributed by atoms with van der Waals surface area (Å²) in [6.45, 7) is 3.92. The molecule has 1 saturated heterocycles. The van der Waals surface area contributed by atoms with Crippen LogP contribution in [0, 0.1) is 0 Å². The average molecular weight is 349 g/mol. The molecule has 0 bridgehead atoms. The highest BCUT2D eigenvalue weighted by molar-refractivity contribution is 9.09. The highest BCUT2D eigenvalue weighted by Gasteiger charge is 2.37. The minimum Gasteiger partial charge on any atom is -0.477 e. The van der Waals surface area contributed by atoms with E-state index in [1.54, 1.807) is 4.90 Å². The molecule has 0 saturated carbocycles. The first-order chi connectivity index (χ1) is 9.09. The van der Waals surface area contributed by atoms with Gasteiger partial charge in [0.2, 0.25) is 5.88 Å². The highest BCUT2D eigenvalue weighted by Crippen LogP contribution is 2.44. The van der Waals surface area contributed by atoms with Gasteiger partial charge in [0, 0.05) is 24.0 Å². The van der Waals surface area contributed by atoms with Gasteiger partial charge in [0.05, 0.1) is 18.0 Å². The minimum atomic E-state index is -0.256. The zero-order chi connectivity index (χ0) is 13.9. The maximum Gasteiger partial charge on any atom is 0.409 e. The largest absolute Gasteiger partial charge is 0.477 e. The van der Waals surface area contributed by atoms with Gasteiger partial charge in [-0.25, -0.2) is 4.79 Å². The van der Waals surface area contributed by atoms with E-state index in [0.29, 0.717) is 25.6 Å². The van der Waals surface area contributed by atoms with Crippen molar-refractivity contribution < 1.29 is 14.3 Å². The quantitative estimate of drug-likeness (QED) is 0.788. The molecule has 0 N–H and O–H groups in total. The first kappa shape index (κ1) is 14.6. The second kappa shape index (κ2) is 6.09. The van der Waals surface area contributed by atoms with Crippen LogP contribution in [0.3, 0.4) is 0 Å². The van der Waals surface area contributed by atoms with E-state index in [4.69, 9.17) is 9.47 Å². The van der Waals surface area contributed by atoms with Gasteiger partial charge < -0.3 is 14.4 Å². The normalized spacial score (nSPS) is 18.2. The van der Waals surface area contributed by atoms with E-state index in [1.807, 2.05) is 13.0 Å². The zero-order valence-electron chi connectivity index (χ0n) is 11.0. The van der Waals surface area contributed by atoms with Gasteiger partial charge in [0.1, 0.15) is 0 Å². The number of rotatable bonds is 3. The molecule has 7 heteroatoms. The molecule has 5 nitrogen and oxygen atoms in total. The van der Waals surface area contributed by atoms with Crippen molar-refractivity contribution in [3.8, 4) is 5.88 Å². The third-order valence-electron chi connectivity index (χ3n) is 3.21. The van der Waals surface area contributed by atoms with Gasteiger partial charge in [-0.05, 0) is 31.3 Å². The molecule has 19 heavy (non-hydrogen) atoms. The number of carbonyl (C=O) groups is 1. The lowest BCUT2D eigenvalue weighted by Gasteiger charge is -2.36. The molecule has 1 aliphatic heterocycles. The Bertz CT molecular complexity index is 444. The summed E-state index contributed by atoms with van der Waals surface area (Å²) in [7, 11) is 1.41. The number of likely N-dealkylation sites (tertiary alicyclic amines) is 1. The van der Waals surface area contributed by atoms with E-state index in [2.05, 4.69) is 20.3 Å². The van der Waals surface area contributed by atoms with Crippen molar-refractivity contribution in [3.63, 3.8) is 0 Å². The van der Waals surface area contributed by atoms with Crippen molar-refractivity contribution in [2.75, 3.05) is 26.8 Å². The summed E-state index contributed by atoms with van der Waals surface area (Å²) < 4.78 is 14.3. The number of hydrogen-bond acceptors (Lipinski definition) is 5. The number of hydrogen-bond donors (Lipinski definition) is 0. The molecule has 1 aromatic heterocycles. The molecular formula is C12H17BrN2O3S. The van der Waals surface area contributed by atoms with E-state index in [-0.39, 0.29) is 10.4 Å². The zero-order valence-corrected chi connectivity index (χ0v) is 13.4. The van der Waals surface area contributed by atoms with Gasteiger partial charge in [0.25, 0.3) is 0 Å². The standard InChI is InChI=1S/C12H17BrN2O3S/c1-3-18-10-8-9(19-14-10)12(13)4-6-15(7-5-12)11(16)17-2/h8H,3-7H2,1-2H3. The van der Waals surface area contributed by atoms with Gasteiger partial charge in [0.15, 0.2) is 0 Å². The van der Waals surface area contributed by atoms with Gasteiger partial charge in [-0.3, -0.25) is 0 Å². The van der Waals surface area contributed by atoms with Crippen molar-refractivity contribution in [2.24, 2.45) is 0 Å². The Hall–Kier alpha value is -0.820. The van der Waals surface area contributed by atoms with Crippen LogP contribution in [-0.2, 0) is 9.06 Å². The fraction of sp³-hybridized carbons (Fsp3) is 0.667. The fourth-order valence-electron chi connectivity index (χ4n) is 2.11. The molecule has 1 amide bonds. The highest BCUT2D eigenvalue weighted by atomic mass is 79.9. The van der Waals surface area contributed by atoms with Gasteiger partial charge in [-0.1, -0.05) is 15.9 Å². The van der Waals surface area contributed by atoms with E-state index in [9.17, 15) is 4.79 Å². The first-order valence-corrected chi connectivity index (χ1v) is 7.77. The second-order valence-corrected chi connectivity index (χ2v) is 6.71. The van der Waals surface area contributed by atoms with Crippen LogP contribution < -0.4 is 4.74 Å². The van der Waals surface area contributed by atoms with Crippen molar-refractivity contribution in [1.82, 2.24) is 9.27 Å². The van der Waals surface area contributed by atoms with Crippen LogP contribution in [0.5, 0.6) is 5.88 Å². The van der Waals surface area contributed by atoms with Gasteiger partial charge in [-0.2, -0.15) is 4.37 Å². The number of aromatic nitrogens is 1. The van der Waals surface area contributed by atoms with Crippen molar-refractivity contribution >= 4 is 33.6 Å². The molecule has 2 heterocycles. The molecule has 1 aliphatic rings. The van der Waals surface area contributed by atoms with Crippen LogP contribution in [0.1, 0.15) is 24.6 Å². The summed E-state index contributed by atoms with van der Waals surface area (Å²) in [5, 5.41) is 0. The summed E-state index contributed by atoms with van der Waals surface area (Å²) in [4.78, 5) is 14.3. The van der Waals surface area contributed by atoms with E-state index in [1.165, 1.54) is 18.6 Å². The Morgan fingerprint density at radius 2 is 2.26 bits per heavy atom. The topological polar surface area (TPSA) is 51.7 Å². The smallest absolute Gasteiger partial charge is 0.409 e. The molecule has 1 aromatic rings. The Morgan fingerprint density at radius 3 is 2.84 bits per heavy atom. The Labute approximate surface area is 125 Å². The number of amides is 1. The number of carbonyl (C=O) groups excluding carboxylic acids is 1. The summed E-state index contributed by atoms with van der Waals surface area (Å²) in [5.41, 5.74) is 0. The molecule has 0 atom stereocenters. The maximum atomic E-state index is 11.5. The molecule has 0 unspecified atom stereocenters. The maximum absolute atomic E-state index is 11.5. The lowest BCUT2D eigenvalue weighted by atomic mass is 9.95. The van der Waals surface area contributed by atoms with E-state index >= 15 is 0 Å². The molecule has 106 valence electrons. The van der Waals surface area contributed by atoms with E-state index in [0.717, 1.165) is 17.7 Å². The summed E-state index contributed by atoms with van der Waals surface area (Å²) in [5.74, 6) is 0.678. The minimum absolute atomic E-state index is 0.107. The SMILES string of the molecule is CCOc1cc(C2(Br)CCN(C(=O)OC)CC2)sn1. The molecule has 2 rings (SSSR count). The summed E-state index contributed by atoms with van der Waals surface area (Å²) in [6.07, 6.45) is 1.43. The molecule has 0 aromatic carbocycles. The first-order valence-electron chi connectivity index (χ1n) is 6.21. The Kier molecular flexibility index (Phi) is 4.67.